The number of amides is 2. The summed E-state index contributed by atoms with van der Waals surface area (Å²) in [5.74, 6) is 0.0593. The highest BCUT2D eigenvalue weighted by atomic mass is 19.1. The van der Waals surface area contributed by atoms with Gasteiger partial charge in [-0.3, -0.25) is 14.6 Å². The van der Waals surface area contributed by atoms with Gasteiger partial charge in [-0.2, -0.15) is 0 Å². The molecule has 2 aromatic rings. The third-order valence-corrected chi connectivity index (χ3v) is 5.50. The summed E-state index contributed by atoms with van der Waals surface area (Å²) in [6.45, 7) is 1.94. The maximum absolute atomic E-state index is 14.4. The second kappa shape index (κ2) is 9.69. The van der Waals surface area contributed by atoms with E-state index in [0.29, 0.717) is 43.4 Å². The lowest BCUT2D eigenvalue weighted by Gasteiger charge is -2.30. The zero-order valence-corrected chi connectivity index (χ0v) is 17.4. The number of hydrogen-bond donors (Lipinski definition) is 2. The van der Waals surface area contributed by atoms with Crippen molar-refractivity contribution in [3.8, 4) is 5.75 Å². The van der Waals surface area contributed by atoms with Crippen molar-refractivity contribution >= 4 is 11.8 Å². The molecule has 160 valence electrons. The summed E-state index contributed by atoms with van der Waals surface area (Å²) < 4.78 is 19.5. The van der Waals surface area contributed by atoms with Crippen molar-refractivity contribution in [3.05, 3.63) is 59.7 Å². The highest BCUT2D eigenvalue weighted by Crippen LogP contribution is 2.31. The molecule has 3 rings (SSSR count). The number of nitrogens with zero attached hydrogens (tertiary/aromatic N) is 1. The SMILES string of the molecule is COc1ccc(F)c(C[C@@]2(CCC(=O)N[C@@H](C)Cc3ccccn3)CCC(=O)N2)c1. The van der Waals surface area contributed by atoms with E-state index < -0.39 is 5.54 Å². The van der Waals surface area contributed by atoms with Crippen LogP contribution in [0.1, 0.15) is 43.9 Å². The van der Waals surface area contributed by atoms with Gasteiger partial charge in [0.05, 0.1) is 7.11 Å². The molecule has 0 bridgehead atoms. The summed E-state index contributed by atoms with van der Waals surface area (Å²) in [6, 6.07) is 10.2. The lowest BCUT2D eigenvalue weighted by atomic mass is 9.84. The van der Waals surface area contributed by atoms with Gasteiger partial charge < -0.3 is 15.4 Å². The Kier molecular flexibility index (Phi) is 7.03. The molecule has 30 heavy (non-hydrogen) atoms. The molecule has 1 aliphatic rings. The van der Waals surface area contributed by atoms with Crippen molar-refractivity contribution in [1.29, 1.82) is 0 Å². The molecule has 1 aromatic carbocycles. The van der Waals surface area contributed by atoms with Crippen molar-refractivity contribution < 1.29 is 18.7 Å². The van der Waals surface area contributed by atoms with Crippen LogP contribution in [0.2, 0.25) is 0 Å². The van der Waals surface area contributed by atoms with Crippen LogP contribution in [-0.4, -0.2) is 35.5 Å². The molecule has 1 aliphatic heterocycles. The fourth-order valence-electron chi connectivity index (χ4n) is 3.94. The van der Waals surface area contributed by atoms with Crippen LogP contribution in [0.5, 0.6) is 5.75 Å². The summed E-state index contributed by atoms with van der Waals surface area (Å²) in [5.41, 5.74) is 0.755. The van der Waals surface area contributed by atoms with Crippen LogP contribution in [0.3, 0.4) is 0 Å². The number of aromatic nitrogens is 1. The van der Waals surface area contributed by atoms with E-state index in [-0.39, 0.29) is 30.1 Å². The Balaban J connectivity index is 1.61. The second-order valence-corrected chi connectivity index (χ2v) is 7.96. The lowest BCUT2D eigenvalue weighted by Crippen LogP contribution is -2.45. The smallest absolute Gasteiger partial charge is 0.220 e. The van der Waals surface area contributed by atoms with Crippen LogP contribution in [0.4, 0.5) is 4.39 Å². The number of pyridine rings is 1. The maximum Gasteiger partial charge on any atom is 0.220 e. The predicted octanol–water partition coefficient (Wildman–Crippen LogP) is 2.95. The molecule has 0 saturated carbocycles. The van der Waals surface area contributed by atoms with E-state index in [0.717, 1.165) is 5.69 Å². The Morgan fingerprint density at radius 3 is 2.87 bits per heavy atom. The van der Waals surface area contributed by atoms with E-state index >= 15 is 0 Å². The van der Waals surface area contributed by atoms with Gasteiger partial charge in [0.1, 0.15) is 11.6 Å². The van der Waals surface area contributed by atoms with Crippen molar-refractivity contribution in [2.75, 3.05) is 7.11 Å². The van der Waals surface area contributed by atoms with Crippen molar-refractivity contribution in [3.63, 3.8) is 0 Å². The number of carbonyl (C=O) groups excluding carboxylic acids is 2. The number of halogens is 1. The summed E-state index contributed by atoms with van der Waals surface area (Å²) in [7, 11) is 1.53. The average Bonchev–Trinajstić information content (AvgIpc) is 3.09. The molecule has 0 unspecified atom stereocenters. The number of benzene rings is 1. The van der Waals surface area contributed by atoms with Crippen LogP contribution < -0.4 is 15.4 Å². The van der Waals surface area contributed by atoms with Crippen LogP contribution in [0.25, 0.3) is 0 Å². The minimum atomic E-state index is -0.633. The van der Waals surface area contributed by atoms with E-state index in [1.807, 2.05) is 25.1 Å². The first-order valence-corrected chi connectivity index (χ1v) is 10.2. The van der Waals surface area contributed by atoms with Gasteiger partial charge in [-0.15, -0.1) is 0 Å². The monoisotopic (exact) mass is 413 g/mol. The van der Waals surface area contributed by atoms with Crippen LogP contribution >= 0.6 is 0 Å². The molecule has 6 nitrogen and oxygen atoms in total. The highest BCUT2D eigenvalue weighted by molar-refractivity contribution is 5.80. The third-order valence-electron chi connectivity index (χ3n) is 5.50. The summed E-state index contributed by atoms with van der Waals surface area (Å²) in [6.07, 6.45) is 4.33. The minimum Gasteiger partial charge on any atom is -0.497 e. The molecule has 0 radical (unpaired) electrons. The first-order chi connectivity index (χ1) is 14.4. The molecule has 1 saturated heterocycles. The first kappa shape index (κ1) is 21.7. The zero-order valence-electron chi connectivity index (χ0n) is 17.4. The fourth-order valence-corrected chi connectivity index (χ4v) is 3.94. The number of nitrogens with one attached hydrogen (secondary N) is 2. The van der Waals surface area contributed by atoms with Gasteiger partial charge in [-0.05, 0) is 62.1 Å². The maximum atomic E-state index is 14.4. The van der Waals surface area contributed by atoms with Crippen molar-refractivity contribution in [2.24, 2.45) is 0 Å². The van der Waals surface area contributed by atoms with Crippen LogP contribution in [-0.2, 0) is 22.4 Å². The topological polar surface area (TPSA) is 80.3 Å². The van der Waals surface area contributed by atoms with Gasteiger partial charge in [0.15, 0.2) is 0 Å². The fraction of sp³-hybridized carbons (Fsp3) is 0.435. The molecule has 1 fully saturated rings. The Labute approximate surface area is 176 Å². The molecular formula is C23H28FN3O3. The number of hydrogen-bond acceptors (Lipinski definition) is 4. The standard InChI is InChI=1S/C23H28FN3O3/c1-16(13-18-5-3-4-12-25-18)26-21(28)8-10-23(11-9-22(29)27-23)15-17-14-19(30-2)6-7-20(17)24/h3-7,12,14,16H,8-11,13,15H2,1-2H3,(H,26,28)(H,27,29)/t16-,23+/m0/s1. The lowest BCUT2D eigenvalue weighted by molar-refractivity contribution is -0.123. The quantitative estimate of drug-likeness (QED) is 0.662. The minimum absolute atomic E-state index is 0.0580. The van der Waals surface area contributed by atoms with E-state index in [4.69, 9.17) is 4.74 Å². The molecule has 2 heterocycles. The van der Waals surface area contributed by atoms with Gasteiger partial charge in [-0.25, -0.2) is 4.39 Å². The molecular weight excluding hydrogens is 385 g/mol. The molecule has 2 atom stereocenters. The molecule has 0 spiro atoms. The number of methoxy groups -OCH3 is 1. The first-order valence-electron chi connectivity index (χ1n) is 10.2. The van der Waals surface area contributed by atoms with E-state index in [1.54, 1.807) is 18.3 Å². The Bertz CT molecular complexity index is 891. The molecule has 2 N–H and O–H groups in total. The molecule has 7 heteroatoms. The van der Waals surface area contributed by atoms with E-state index in [9.17, 15) is 14.0 Å². The van der Waals surface area contributed by atoms with Gasteiger partial charge >= 0.3 is 0 Å². The predicted molar refractivity (Wildman–Crippen MR) is 112 cm³/mol. The average molecular weight is 413 g/mol. The molecule has 1 aromatic heterocycles. The van der Waals surface area contributed by atoms with Crippen molar-refractivity contribution in [2.45, 2.75) is 57.0 Å². The Morgan fingerprint density at radius 2 is 2.20 bits per heavy atom. The summed E-state index contributed by atoms with van der Waals surface area (Å²) in [5, 5.41) is 5.98. The largest absolute Gasteiger partial charge is 0.497 e. The highest BCUT2D eigenvalue weighted by Gasteiger charge is 2.38. The van der Waals surface area contributed by atoms with Gasteiger partial charge in [0.2, 0.25) is 11.8 Å². The number of rotatable bonds is 9. The third kappa shape index (κ3) is 5.78. The van der Waals surface area contributed by atoms with Gasteiger partial charge in [0.25, 0.3) is 0 Å². The molecule has 2 amide bonds. The zero-order chi connectivity index (χ0) is 21.6. The normalized spacial score (nSPS) is 19.2. The number of carbonyl (C=O) groups is 2. The summed E-state index contributed by atoms with van der Waals surface area (Å²) in [4.78, 5) is 28.7. The van der Waals surface area contributed by atoms with E-state index in [1.165, 1.54) is 13.2 Å². The number of ether oxygens (including phenoxy) is 1. The van der Waals surface area contributed by atoms with Crippen LogP contribution in [0.15, 0.2) is 42.6 Å². The van der Waals surface area contributed by atoms with Crippen LogP contribution in [0, 0.1) is 5.82 Å². The van der Waals surface area contributed by atoms with Crippen molar-refractivity contribution in [1.82, 2.24) is 15.6 Å². The second-order valence-electron chi connectivity index (χ2n) is 7.96. The molecule has 0 aliphatic carbocycles. The Morgan fingerprint density at radius 1 is 1.37 bits per heavy atom. The van der Waals surface area contributed by atoms with Gasteiger partial charge in [0, 0.05) is 42.7 Å². The summed E-state index contributed by atoms with van der Waals surface area (Å²) >= 11 is 0. The van der Waals surface area contributed by atoms with Gasteiger partial charge in [-0.1, -0.05) is 6.07 Å². The Hall–Kier alpha value is -2.96. The van der Waals surface area contributed by atoms with E-state index in [2.05, 4.69) is 15.6 Å².